The summed E-state index contributed by atoms with van der Waals surface area (Å²) in [4.78, 5) is 33.6. The number of methoxy groups -OCH3 is 1. The molecule has 9 nitrogen and oxygen atoms in total. The van der Waals surface area contributed by atoms with E-state index in [1.54, 1.807) is 54.6 Å². The molecule has 2 amide bonds. The molecule has 4 aromatic rings. The van der Waals surface area contributed by atoms with Gasteiger partial charge in [0.25, 0.3) is 11.8 Å². The standard InChI is InChI=1S/C21H16N6O3/c1-30-18-11-10-13(12-22-18)23-20(28)14-6-2-3-7-15(14)25-21(29)19-24-16-8-4-5-9-17(16)26-27-19/h2-12H,1H3,(H,23,28)(H,25,29). The van der Waals surface area contributed by atoms with Gasteiger partial charge in [-0.25, -0.2) is 9.97 Å². The second kappa shape index (κ2) is 8.31. The Balaban J connectivity index is 1.54. The van der Waals surface area contributed by atoms with Gasteiger partial charge >= 0.3 is 0 Å². The summed E-state index contributed by atoms with van der Waals surface area (Å²) in [7, 11) is 1.51. The van der Waals surface area contributed by atoms with E-state index in [9.17, 15) is 9.59 Å². The van der Waals surface area contributed by atoms with Gasteiger partial charge in [0.15, 0.2) is 0 Å². The lowest BCUT2D eigenvalue weighted by molar-refractivity contribution is 0.101. The Morgan fingerprint density at radius 1 is 0.833 bits per heavy atom. The van der Waals surface area contributed by atoms with Crippen molar-refractivity contribution in [1.29, 1.82) is 0 Å². The molecule has 4 rings (SSSR count). The molecule has 0 aliphatic heterocycles. The first-order chi connectivity index (χ1) is 14.6. The summed E-state index contributed by atoms with van der Waals surface area (Å²) in [5.74, 6) is -0.636. The van der Waals surface area contributed by atoms with Crippen molar-refractivity contribution in [3.8, 4) is 5.88 Å². The molecule has 2 aromatic carbocycles. The van der Waals surface area contributed by atoms with Gasteiger partial charge in [-0.3, -0.25) is 9.59 Å². The lowest BCUT2D eigenvalue weighted by atomic mass is 10.1. The molecule has 2 aromatic heterocycles. The summed E-state index contributed by atoms with van der Waals surface area (Å²) < 4.78 is 5.00. The van der Waals surface area contributed by atoms with E-state index >= 15 is 0 Å². The van der Waals surface area contributed by atoms with E-state index < -0.39 is 11.8 Å². The number of carbonyl (C=O) groups is 2. The smallest absolute Gasteiger partial charge is 0.295 e. The van der Waals surface area contributed by atoms with Gasteiger partial charge in [0.2, 0.25) is 11.7 Å². The highest BCUT2D eigenvalue weighted by Crippen LogP contribution is 2.19. The average molecular weight is 400 g/mol. The highest BCUT2D eigenvalue weighted by molar-refractivity contribution is 6.11. The van der Waals surface area contributed by atoms with Crippen LogP contribution in [0.4, 0.5) is 11.4 Å². The molecule has 0 spiro atoms. The Labute approximate surface area is 171 Å². The number of carbonyl (C=O) groups excluding carboxylic acids is 2. The predicted molar refractivity (Wildman–Crippen MR) is 110 cm³/mol. The number of anilines is 2. The number of nitrogens with one attached hydrogen (secondary N) is 2. The predicted octanol–water partition coefficient (Wildman–Crippen LogP) is 2.93. The number of rotatable bonds is 5. The van der Waals surface area contributed by atoms with Gasteiger partial charge in [0.1, 0.15) is 5.52 Å². The molecule has 9 heteroatoms. The van der Waals surface area contributed by atoms with Crippen molar-refractivity contribution in [3.63, 3.8) is 0 Å². The number of aromatic nitrogens is 4. The number of benzene rings is 2. The second-order valence-corrected chi connectivity index (χ2v) is 6.17. The fourth-order valence-electron chi connectivity index (χ4n) is 2.72. The number of para-hydroxylation sites is 2. The van der Waals surface area contributed by atoms with Gasteiger partial charge in [-0.2, -0.15) is 0 Å². The fraction of sp³-hybridized carbons (Fsp3) is 0.0476. The molecule has 0 aliphatic carbocycles. The van der Waals surface area contributed by atoms with Gasteiger partial charge in [-0.15, -0.1) is 10.2 Å². The van der Waals surface area contributed by atoms with Crippen molar-refractivity contribution in [2.75, 3.05) is 17.7 Å². The molecule has 0 saturated heterocycles. The topological polar surface area (TPSA) is 119 Å². The third kappa shape index (κ3) is 4.04. The first-order valence-corrected chi connectivity index (χ1v) is 8.95. The van der Waals surface area contributed by atoms with Crippen molar-refractivity contribution in [3.05, 3.63) is 78.2 Å². The lowest BCUT2D eigenvalue weighted by Crippen LogP contribution is -2.20. The largest absolute Gasteiger partial charge is 0.481 e. The van der Waals surface area contributed by atoms with Crippen LogP contribution >= 0.6 is 0 Å². The molecule has 0 saturated carbocycles. The summed E-state index contributed by atoms with van der Waals surface area (Å²) in [6.45, 7) is 0. The van der Waals surface area contributed by atoms with E-state index in [0.717, 1.165) is 0 Å². The number of hydrogen-bond donors (Lipinski definition) is 2. The average Bonchev–Trinajstić information content (AvgIpc) is 2.79. The van der Waals surface area contributed by atoms with Crippen molar-refractivity contribution in [1.82, 2.24) is 20.2 Å². The maximum absolute atomic E-state index is 12.7. The zero-order chi connectivity index (χ0) is 20.9. The number of hydrogen-bond acceptors (Lipinski definition) is 7. The molecule has 0 fully saturated rings. The highest BCUT2D eigenvalue weighted by atomic mass is 16.5. The molecule has 0 aliphatic rings. The third-order valence-electron chi connectivity index (χ3n) is 4.19. The van der Waals surface area contributed by atoms with Crippen LogP contribution in [0, 0.1) is 0 Å². The van der Waals surface area contributed by atoms with Crippen molar-refractivity contribution < 1.29 is 14.3 Å². The van der Waals surface area contributed by atoms with Crippen molar-refractivity contribution in [2.24, 2.45) is 0 Å². The summed E-state index contributed by atoms with van der Waals surface area (Å²) in [5.41, 5.74) is 2.22. The van der Waals surface area contributed by atoms with Crippen LogP contribution in [0.1, 0.15) is 21.0 Å². The zero-order valence-corrected chi connectivity index (χ0v) is 15.9. The maximum Gasteiger partial charge on any atom is 0.295 e. The second-order valence-electron chi connectivity index (χ2n) is 6.17. The van der Waals surface area contributed by atoms with Crippen LogP contribution in [-0.4, -0.2) is 39.1 Å². The Morgan fingerprint density at radius 2 is 1.60 bits per heavy atom. The third-order valence-corrected chi connectivity index (χ3v) is 4.19. The van der Waals surface area contributed by atoms with Gasteiger partial charge in [-0.05, 0) is 30.3 Å². The Bertz CT molecular complexity index is 1230. The molecule has 0 radical (unpaired) electrons. The van der Waals surface area contributed by atoms with Crippen LogP contribution in [0.2, 0.25) is 0 Å². The van der Waals surface area contributed by atoms with Gasteiger partial charge in [-0.1, -0.05) is 24.3 Å². The maximum atomic E-state index is 12.7. The van der Waals surface area contributed by atoms with Crippen LogP contribution in [0.5, 0.6) is 5.88 Å². The molecule has 148 valence electrons. The number of fused-ring (bicyclic) bond motifs is 1. The van der Waals surface area contributed by atoms with Gasteiger partial charge in [0.05, 0.1) is 35.8 Å². The Hall–Kier alpha value is -4.40. The van der Waals surface area contributed by atoms with Crippen LogP contribution in [0.25, 0.3) is 11.0 Å². The molecule has 0 atom stereocenters. The number of ether oxygens (including phenoxy) is 1. The molecular formula is C21H16N6O3. The fourth-order valence-corrected chi connectivity index (χ4v) is 2.72. The van der Waals surface area contributed by atoms with Crippen LogP contribution in [-0.2, 0) is 0 Å². The highest BCUT2D eigenvalue weighted by Gasteiger charge is 2.17. The molecule has 0 unspecified atom stereocenters. The van der Waals surface area contributed by atoms with Crippen LogP contribution in [0.15, 0.2) is 66.9 Å². The van der Waals surface area contributed by atoms with Gasteiger partial charge in [0, 0.05) is 6.07 Å². The van der Waals surface area contributed by atoms with Crippen molar-refractivity contribution >= 4 is 34.2 Å². The summed E-state index contributed by atoms with van der Waals surface area (Å²) in [6.07, 6.45) is 1.48. The normalized spacial score (nSPS) is 10.4. The molecule has 2 heterocycles. The first-order valence-electron chi connectivity index (χ1n) is 8.95. The lowest BCUT2D eigenvalue weighted by Gasteiger charge is -2.11. The zero-order valence-electron chi connectivity index (χ0n) is 15.9. The quantitative estimate of drug-likeness (QED) is 0.529. The molecule has 2 N–H and O–H groups in total. The SMILES string of the molecule is COc1ccc(NC(=O)c2ccccc2NC(=O)c2nnc3ccccc3n2)cn1. The molecule has 30 heavy (non-hydrogen) atoms. The number of nitrogens with zero attached hydrogens (tertiary/aromatic N) is 4. The first kappa shape index (κ1) is 18.9. The number of pyridine rings is 1. The van der Waals surface area contributed by atoms with Crippen molar-refractivity contribution in [2.45, 2.75) is 0 Å². The Kier molecular flexibility index (Phi) is 5.25. The van der Waals surface area contributed by atoms with E-state index in [0.29, 0.717) is 28.3 Å². The van der Waals surface area contributed by atoms with E-state index in [4.69, 9.17) is 4.74 Å². The molecular weight excluding hydrogens is 384 g/mol. The van der Waals surface area contributed by atoms with Gasteiger partial charge < -0.3 is 15.4 Å². The number of amides is 2. The summed E-state index contributed by atoms with van der Waals surface area (Å²) in [5, 5.41) is 13.3. The van der Waals surface area contributed by atoms with E-state index in [1.165, 1.54) is 13.3 Å². The minimum Gasteiger partial charge on any atom is -0.481 e. The van der Waals surface area contributed by atoms with E-state index in [-0.39, 0.29) is 11.4 Å². The van der Waals surface area contributed by atoms with Crippen LogP contribution < -0.4 is 15.4 Å². The summed E-state index contributed by atoms with van der Waals surface area (Å²) >= 11 is 0. The van der Waals surface area contributed by atoms with E-state index in [1.807, 2.05) is 6.07 Å². The van der Waals surface area contributed by atoms with E-state index in [2.05, 4.69) is 30.8 Å². The Morgan fingerprint density at radius 3 is 2.37 bits per heavy atom. The minimum atomic E-state index is -0.570. The monoisotopic (exact) mass is 400 g/mol. The summed E-state index contributed by atoms with van der Waals surface area (Å²) in [6, 6.07) is 17.0. The minimum absolute atomic E-state index is 0.0942. The van der Waals surface area contributed by atoms with Crippen LogP contribution in [0.3, 0.4) is 0 Å². The molecule has 0 bridgehead atoms.